The monoisotopic (exact) mass is 243 g/mol. The maximum atomic E-state index is 5.58. The standard InChI is InChI=1S/C12H21N3.ClH/c13-7-4-9-15(10-8-14)11-12-5-2-1-3-6-12;/h1-3,5-6H,4,7-11,13-14H2;1H. The van der Waals surface area contributed by atoms with Crippen molar-refractivity contribution in [2.24, 2.45) is 11.5 Å². The molecule has 1 aromatic rings. The highest BCUT2D eigenvalue weighted by Crippen LogP contribution is 2.04. The van der Waals surface area contributed by atoms with E-state index in [1.165, 1.54) is 5.56 Å². The van der Waals surface area contributed by atoms with Crippen LogP contribution in [-0.4, -0.2) is 31.1 Å². The molecule has 0 aromatic heterocycles. The Morgan fingerprint density at radius 2 is 1.62 bits per heavy atom. The molecule has 0 bridgehead atoms. The van der Waals surface area contributed by atoms with Gasteiger partial charge in [0, 0.05) is 19.6 Å². The van der Waals surface area contributed by atoms with Crippen molar-refractivity contribution in [3.8, 4) is 0 Å². The van der Waals surface area contributed by atoms with Gasteiger partial charge in [-0.05, 0) is 25.1 Å². The fraction of sp³-hybridized carbons (Fsp3) is 0.500. The van der Waals surface area contributed by atoms with Crippen molar-refractivity contribution in [1.82, 2.24) is 4.90 Å². The summed E-state index contributed by atoms with van der Waals surface area (Å²) in [6.07, 6.45) is 1.03. The molecule has 1 aromatic carbocycles. The largest absolute Gasteiger partial charge is 0.330 e. The third-order valence-corrected chi connectivity index (χ3v) is 2.37. The van der Waals surface area contributed by atoms with Crippen LogP contribution in [0.25, 0.3) is 0 Å². The van der Waals surface area contributed by atoms with Gasteiger partial charge in [-0.3, -0.25) is 4.90 Å². The molecule has 0 amide bonds. The average molecular weight is 244 g/mol. The summed E-state index contributed by atoms with van der Waals surface area (Å²) in [6.45, 7) is 4.39. The van der Waals surface area contributed by atoms with Crippen molar-refractivity contribution in [1.29, 1.82) is 0 Å². The number of nitrogens with two attached hydrogens (primary N) is 2. The molecule has 16 heavy (non-hydrogen) atoms. The van der Waals surface area contributed by atoms with Crippen molar-refractivity contribution in [3.05, 3.63) is 35.9 Å². The zero-order valence-corrected chi connectivity index (χ0v) is 10.5. The number of benzene rings is 1. The van der Waals surface area contributed by atoms with Crippen LogP contribution in [0.2, 0.25) is 0 Å². The van der Waals surface area contributed by atoms with Gasteiger partial charge in [0.25, 0.3) is 0 Å². The summed E-state index contributed by atoms with van der Waals surface area (Å²) in [4.78, 5) is 2.35. The van der Waals surface area contributed by atoms with Gasteiger partial charge in [0.05, 0.1) is 0 Å². The van der Waals surface area contributed by atoms with E-state index in [2.05, 4.69) is 29.2 Å². The van der Waals surface area contributed by atoms with E-state index in [1.54, 1.807) is 0 Å². The fourth-order valence-electron chi connectivity index (χ4n) is 1.61. The maximum absolute atomic E-state index is 5.58. The lowest BCUT2D eigenvalue weighted by molar-refractivity contribution is 0.271. The Morgan fingerprint density at radius 3 is 2.19 bits per heavy atom. The Balaban J connectivity index is 0.00000225. The van der Waals surface area contributed by atoms with Crippen molar-refractivity contribution in [2.45, 2.75) is 13.0 Å². The van der Waals surface area contributed by atoms with Gasteiger partial charge < -0.3 is 11.5 Å². The SMILES string of the molecule is Cl.NCCCN(CCN)Cc1ccccc1. The Hall–Kier alpha value is -0.610. The lowest BCUT2D eigenvalue weighted by Gasteiger charge is -2.21. The van der Waals surface area contributed by atoms with E-state index in [1.807, 2.05) is 6.07 Å². The number of hydrogen-bond acceptors (Lipinski definition) is 3. The van der Waals surface area contributed by atoms with Crippen LogP contribution in [0.15, 0.2) is 30.3 Å². The minimum absolute atomic E-state index is 0. The Morgan fingerprint density at radius 1 is 0.938 bits per heavy atom. The molecular weight excluding hydrogens is 222 g/mol. The summed E-state index contributed by atoms with van der Waals surface area (Å²) in [5, 5.41) is 0. The molecule has 0 heterocycles. The van der Waals surface area contributed by atoms with Gasteiger partial charge in [-0.25, -0.2) is 0 Å². The summed E-state index contributed by atoms with van der Waals surface area (Å²) in [5.74, 6) is 0. The maximum Gasteiger partial charge on any atom is 0.0234 e. The molecule has 0 saturated heterocycles. The summed E-state index contributed by atoms with van der Waals surface area (Å²) in [6, 6.07) is 10.5. The average Bonchev–Trinajstić information content (AvgIpc) is 2.28. The minimum Gasteiger partial charge on any atom is -0.330 e. The first kappa shape index (κ1) is 15.4. The predicted octanol–water partition coefficient (Wildman–Crippen LogP) is 1.22. The molecule has 0 spiro atoms. The van der Waals surface area contributed by atoms with Gasteiger partial charge in [-0.2, -0.15) is 0 Å². The summed E-state index contributed by atoms with van der Waals surface area (Å²) < 4.78 is 0. The Kier molecular flexibility index (Phi) is 9.24. The smallest absolute Gasteiger partial charge is 0.0234 e. The van der Waals surface area contributed by atoms with Crippen molar-refractivity contribution < 1.29 is 0 Å². The number of rotatable bonds is 7. The molecular formula is C12H22ClN3. The second-order valence-corrected chi connectivity index (χ2v) is 3.69. The molecule has 3 nitrogen and oxygen atoms in total. The molecule has 0 unspecified atom stereocenters. The molecule has 92 valence electrons. The first-order valence-corrected chi connectivity index (χ1v) is 5.53. The van der Waals surface area contributed by atoms with Gasteiger partial charge in [-0.1, -0.05) is 30.3 Å². The topological polar surface area (TPSA) is 55.3 Å². The first-order chi connectivity index (χ1) is 7.36. The van der Waals surface area contributed by atoms with Gasteiger partial charge in [0.1, 0.15) is 0 Å². The number of hydrogen-bond donors (Lipinski definition) is 2. The van der Waals surface area contributed by atoms with Gasteiger partial charge >= 0.3 is 0 Å². The van der Waals surface area contributed by atoms with E-state index in [0.717, 1.165) is 32.6 Å². The van der Waals surface area contributed by atoms with Gasteiger partial charge in [-0.15, -0.1) is 12.4 Å². The van der Waals surface area contributed by atoms with Gasteiger partial charge in [0.2, 0.25) is 0 Å². The molecule has 0 radical (unpaired) electrons. The first-order valence-electron chi connectivity index (χ1n) is 5.53. The summed E-state index contributed by atoms with van der Waals surface area (Å²) >= 11 is 0. The highest BCUT2D eigenvalue weighted by molar-refractivity contribution is 5.85. The van der Waals surface area contributed by atoms with Crippen LogP contribution >= 0.6 is 12.4 Å². The predicted molar refractivity (Wildman–Crippen MR) is 71.7 cm³/mol. The molecule has 4 heteroatoms. The number of halogens is 1. The molecule has 0 fully saturated rings. The Bertz CT molecular complexity index is 254. The van der Waals surface area contributed by atoms with Crippen molar-refractivity contribution in [3.63, 3.8) is 0 Å². The van der Waals surface area contributed by atoms with Gasteiger partial charge in [0.15, 0.2) is 0 Å². The van der Waals surface area contributed by atoms with E-state index in [-0.39, 0.29) is 12.4 Å². The molecule has 1 rings (SSSR count). The zero-order chi connectivity index (χ0) is 10.9. The molecule has 0 aliphatic carbocycles. The third kappa shape index (κ3) is 6.08. The van der Waals surface area contributed by atoms with E-state index < -0.39 is 0 Å². The highest BCUT2D eigenvalue weighted by Gasteiger charge is 2.03. The van der Waals surface area contributed by atoms with Crippen LogP contribution in [-0.2, 0) is 6.54 Å². The second-order valence-electron chi connectivity index (χ2n) is 3.69. The minimum atomic E-state index is 0. The zero-order valence-electron chi connectivity index (χ0n) is 9.64. The van der Waals surface area contributed by atoms with Crippen LogP contribution in [0.4, 0.5) is 0 Å². The summed E-state index contributed by atoms with van der Waals surface area (Å²) in [7, 11) is 0. The third-order valence-electron chi connectivity index (χ3n) is 2.37. The number of nitrogens with zero attached hydrogens (tertiary/aromatic N) is 1. The van der Waals surface area contributed by atoms with Crippen LogP contribution in [0.1, 0.15) is 12.0 Å². The normalized spacial score (nSPS) is 10.2. The van der Waals surface area contributed by atoms with Crippen molar-refractivity contribution in [2.75, 3.05) is 26.2 Å². The van der Waals surface area contributed by atoms with Crippen LogP contribution in [0.3, 0.4) is 0 Å². The van der Waals surface area contributed by atoms with Crippen molar-refractivity contribution >= 4 is 12.4 Å². The van der Waals surface area contributed by atoms with Crippen LogP contribution in [0, 0.1) is 0 Å². The molecule has 0 aliphatic rings. The highest BCUT2D eigenvalue weighted by atomic mass is 35.5. The lowest BCUT2D eigenvalue weighted by Crippen LogP contribution is -2.31. The fourth-order valence-corrected chi connectivity index (χ4v) is 1.61. The second kappa shape index (κ2) is 9.60. The molecule has 0 aliphatic heterocycles. The van der Waals surface area contributed by atoms with E-state index in [4.69, 9.17) is 11.5 Å². The van der Waals surface area contributed by atoms with E-state index >= 15 is 0 Å². The molecule has 0 saturated carbocycles. The Labute approximate surface area is 104 Å². The van der Waals surface area contributed by atoms with Crippen LogP contribution in [0.5, 0.6) is 0 Å². The molecule has 4 N–H and O–H groups in total. The van der Waals surface area contributed by atoms with E-state index in [9.17, 15) is 0 Å². The summed E-state index contributed by atoms with van der Waals surface area (Å²) in [5.41, 5.74) is 12.4. The molecule has 0 atom stereocenters. The van der Waals surface area contributed by atoms with E-state index in [0.29, 0.717) is 6.54 Å². The van der Waals surface area contributed by atoms with Crippen LogP contribution < -0.4 is 11.5 Å². The lowest BCUT2D eigenvalue weighted by atomic mass is 10.2. The quantitative estimate of drug-likeness (QED) is 0.757.